The minimum Gasteiger partial charge on any atom is -0.459 e. The average molecular weight is 400 g/mol. The molecular formula is C19H33N3O4S. The first-order valence-corrected chi connectivity index (χ1v) is 11.2. The fourth-order valence-corrected chi connectivity index (χ4v) is 4.54. The number of ether oxygens (including phenoxy) is 1. The molecule has 0 amide bonds. The molecule has 0 atom stereocenters. The summed E-state index contributed by atoms with van der Waals surface area (Å²) in [4.78, 5) is 14.5. The molecule has 27 heavy (non-hydrogen) atoms. The van der Waals surface area contributed by atoms with E-state index in [4.69, 9.17) is 4.74 Å². The molecule has 1 aliphatic rings. The zero-order valence-corrected chi connectivity index (χ0v) is 18.0. The van der Waals surface area contributed by atoms with Crippen LogP contribution in [0.1, 0.15) is 46.1 Å². The van der Waals surface area contributed by atoms with Crippen LogP contribution in [0.5, 0.6) is 0 Å². The Morgan fingerprint density at radius 3 is 2.41 bits per heavy atom. The van der Waals surface area contributed by atoms with Gasteiger partial charge in [-0.25, -0.2) is 12.7 Å². The zero-order valence-electron chi connectivity index (χ0n) is 17.1. The predicted octanol–water partition coefficient (Wildman–Crippen LogP) is 1.98. The SMILES string of the molecule is CCS(=O)(=O)N1CCC(N(CC(=O)OC(C)(C)C)Cc2ccn(C)c2)CC1. The molecule has 2 rings (SSSR count). The number of hydrogen-bond acceptors (Lipinski definition) is 5. The molecule has 1 aromatic heterocycles. The van der Waals surface area contributed by atoms with Crippen molar-refractivity contribution < 1.29 is 17.9 Å². The van der Waals surface area contributed by atoms with Crippen LogP contribution in [0.2, 0.25) is 0 Å². The van der Waals surface area contributed by atoms with Gasteiger partial charge in [-0.1, -0.05) is 0 Å². The maximum Gasteiger partial charge on any atom is 0.320 e. The highest BCUT2D eigenvalue weighted by atomic mass is 32.2. The van der Waals surface area contributed by atoms with Crippen molar-refractivity contribution in [2.45, 2.75) is 58.7 Å². The van der Waals surface area contributed by atoms with Crippen molar-refractivity contribution >= 4 is 16.0 Å². The van der Waals surface area contributed by atoms with Crippen LogP contribution in [0.3, 0.4) is 0 Å². The molecule has 2 heterocycles. The summed E-state index contributed by atoms with van der Waals surface area (Å²) in [5.74, 6) is -0.120. The Bertz CT molecular complexity index is 728. The van der Waals surface area contributed by atoms with Gasteiger partial charge in [-0.2, -0.15) is 0 Å². The number of carbonyl (C=O) groups excluding carboxylic acids is 1. The van der Waals surface area contributed by atoms with Crippen LogP contribution in [-0.4, -0.2) is 65.2 Å². The van der Waals surface area contributed by atoms with E-state index in [1.807, 2.05) is 50.8 Å². The first-order valence-electron chi connectivity index (χ1n) is 9.55. The summed E-state index contributed by atoms with van der Waals surface area (Å²) in [6, 6.07) is 2.19. The first-order chi connectivity index (χ1) is 12.5. The molecule has 1 aromatic rings. The third-order valence-corrected chi connectivity index (χ3v) is 6.61. The smallest absolute Gasteiger partial charge is 0.320 e. The molecule has 0 spiro atoms. The van der Waals surface area contributed by atoms with E-state index in [1.165, 1.54) is 0 Å². The van der Waals surface area contributed by atoms with Gasteiger partial charge >= 0.3 is 5.97 Å². The van der Waals surface area contributed by atoms with Crippen LogP contribution >= 0.6 is 0 Å². The van der Waals surface area contributed by atoms with Gasteiger partial charge in [-0.3, -0.25) is 9.69 Å². The lowest BCUT2D eigenvalue weighted by atomic mass is 10.0. The van der Waals surface area contributed by atoms with Crippen molar-refractivity contribution in [2.24, 2.45) is 7.05 Å². The van der Waals surface area contributed by atoms with E-state index in [9.17, 15) is 13.2 Å². The number of rotatable bonds is 7. The van der Waals surface area contributed by atoms with Crippen molar-refractivity contribution in [1.82, 2.24) is 13.8 Å². The molecular weight excluding hydrogens is 366 g/mol. The quantitative estimate of drug-likeness (QED) is 0.656. The minimum atomic E-state index is -3.15. The van der Waals surface area contributed by atoms with Gasteiger partial charge in [0.1, 0.15) is 5.60 Å². The van der Waals surface area contributed by atoms with Crippen LogP contribution in [0.4, 0.5) is 0 Å². The first kappa shape index (κ1) is 21.9. The van der Waals surface area contributed by atoms with E-state index in [0.717, 1.165) is 18.4 Å². The Labute approximate surface area is 163 Å². The molecule has 0 bridgehead atoms. The molecule has 0 saturated carbocycles. The number of esters is 1. The van der Waals surface area contributed by atoms with Crippen molar-refractivity contribution in [2.75, 3.05) is 25.4 Å². The highest BCUT2D eigenvalue weighted by Gasteiger charge is 2.31. The van der Waals surface area contributed by atoms with Crippen molar-refractivity contribution in [3.8, 4) is 0 Å². The molecule has 1 aliphatic heterocycles. The summed E-state index contributed by atoms with van der Waals surface area (Å²) in [5.41, 5.74) is 0.610. The monoisotopic (exact) mass is 399 g/mol. The lowest BCUT2D eigenvalue weighted by Crippen LogP contribution is -2.48. The van der Waals surface area contributed by atoms with Crippen molar-refractivity contribution in [3.05, 3.63) is 24.0 Å². The highest BCUT2D eigenvalue weighted by molar-refractivity contribution is 7.89. The van der Waals surface area contributed by atoms with Gasteiger partial charge < -0.3 is 9.30 Å². The van der Waals surface area contributed by atoms with Gasteiger partial charge in [0.25, 0.3) is 0 Å². The normalized spacial score (nSPS) is 17.4. The third-order valence-electron chi connectivity index (χ3n) is 4.73. The van der Waals surface area contributed by atoms with Gasteiger partial charge in [0.2, 0.25) is 10.0 Å². The van der Waals surface area contributed by atoms with Crippen LogP contribution < -0.4 is 0 Å². The molecule has 0 radical (unpaired) electrons. The van der Waals surface area contributed by atoms with E-state index < -0.39 is 15.6 Å². The number of carbonyl (C=O) groups is 1. The number of hydrogen-bond donors (Lipinski definition) is 0. The molecule has 0 aliphatic carbocycles. The molecule has 8 heteroatoms. The maximum atomic E-state index is 12.4. The molecule has 0 N–H and O–H groups in total. The number of piperidine rings is 1. The molecule has 1 saturated heterocycles. The minimum absolute atomic E-state index is 0.128. The number of nitrogens with zero attached hydrogens (tertiary/aromatic N) is 3. The van der Waals surface area contributed by atoms with Gasteiger partial charge in [0.15, 0.2) is 0 Å². The van der Waals surface area contributed by atoms with Crippen LogP contribution in [-0.2, 0) is 33.1 Å². The van der Waals surface area contributed by atoms with Crippen LogP contribution in [0, 0.1) is 0 Å². The molecule has 7 nitrogen and oxygen atoms in total. The molecule has 1 fully saturated rings. The summed E-state index contributed by atoms with van der Waals surface area (Å²) in [6.07, 6.45) is 5.46. The molecule has 154 valence electrons. The van der Waals surface area contributed by atoms with Crippen molar-refractivity contribution in [3.63, 3.8) is 0 Å². The largest absolute Gasteiger partial charge is 0.459 e. The van der Waals surface area contributed by atoms with Crippen LogP contribution in [0.15, 0.2) is 18.5 Å². The van der Waals surface area contributed by atoms with Gasteiger partial charge in [-0.15, -0.1) is 0 Å². The second kappa shape index (κ2) is 8.75. The van der Waals surface area contributed by atoms with E-state index in [-0.39, 0.29) is 24.3 Å². The summed E-state index contributed by atoms with van der Waals surface area (Å²) in [6.45, 7) is 9.11. The van der Waals surface area contributed by atoms with E-state index >= 15 is 0 Å². The summed E-state index contributed by atoms with van der Waals surface area (Å²) in [7, 11) is -1.19. The van der Waals surface area contributed by atoms with E-state index in [0.29, 0.717) is 19.6 Å². The van der Waals surface area contributed by atoms with Gasteiger partial charge in [0.05, 0.1) is 12.3 Å². The summed E-state index contributed by atoms with van der Waals surface area (Å²) >= 11 is 0. The second-order valence-electron chi connectivity index (χ2n) is 8.21. The number of aromatic nitrogens is 1. The lowest BCUT2D eigenvalue weighted by molar-refractivity contribution is -0.157. The molecule has 0 unspecified atom stereocenters. The topological polar surface area (TPSA) is 71.8 Å². The Hall–Kier alpha value is -1.38. The third kappa shape index (κ3) is 6.62. The van der Waals surface area contributed by atoms with Gasteiger partial charge in [0, 0.05) is 45.1 Å². The predicted molar refractivity (Wildman–Crippen MR) is 106 cm³/mol. The standard InChI is InChI=1S/C19H33N3O4S/c1-6-27(24,25)22-11-8-17(9-12-22)21(14-16-7-10-20(5)13-16)15-18(23)26-19(2,3)4/h7,10,13,17H,6,8-9,11-12,14-15H2,1-5H3. The molecule has 0 aromatic carbocycles. The van der Waals surface area contributed by atoms with Crippen molar-refractivity contribution in [1.29, 1.82) is 0 Å². The van der Waals surface area contributed by atoms with Gasteiger partial charge in [-0.05, 0) is 52.2 Å². The maximum absolute atomic E-state index is 12.4. The Kier molecular flexibility index (Phi) is 7.10. The highest BCUT2D eigenvalue weighted by Crippen LogP contribution is 2.22. The Morgan fingerprint density at radius 1 is 1.30 bits per heavy atom. The lowest BCUT2D eigenvalue weighted by Gasteiger charge is -2.37. The number of sulfonamides is 1. The average Bonchev–Trinajstić information content (AvgIpc) is 2.97. The van der Waals surface area contributed by atoms with E-state index in [1.54, 1.807) is 11.2 Å². The number of aryl methyl sites for hydroxylation is 1. The van der Waals surface area contributed by atoms with Crippen LogP contribution in [0.25, 0.3) is 0 Å². The fourth-order valence-electron chi connectivity index (χ4n) is 3.41. The second-order valence-corrected chi connectivity index (χ2v) is 10.5. The summed E-state index contributed by atoms with van der Waals surface area (Å²) < 4.78 is 33.2. The van der Waals surface area contributed by atoms with E-state index in [2.05, 4.69) is 4.90 Å². The zero-order chi connectivity index (χ0) is 20.2. The Balaban J connectivity index is 2.07. The Morgan fingerprint density at radius 2 is 1.93 bits per heavy atom. The fraction of sp³-hybridized carbons (Fsp3) is 0.737. The summed E-state index contributed by atoms with van der Waals surface area (Å²) in [5, 5.41) is 0.